The number of aromatic nitrogens is 2. The molecule has 2 N–H and O–H groups in total. The molecule has 0 spiro atoms. The first-order valence-corrected chi connectivity index (χ1v) is 8.55. The van der Waals surface area contributed by atoms with Crippen molar-refractivity contribution in [1.82, 2.24) is 20.4 Å². The van der Waals surface area contributed by atoms with Gasteiger partial charge in [-0.3, -0.25) is 9.48 Å². The zero-order valence-electron chi connectivity index (χ0n) is 14.3. The minimum Gasteiger partial charge on any atom is -0.338 e. The van der Waals surface area contributed by atoms with Gasteiger partial charge < -0.3 is 15.5 Å². The number of hydrogen-bond acceptors (Lipinski definition) is 3. The number of rotatable bonds is 6. The molecule has 2 atom stereocenters. The number of nitrogens with zero attached hydrogens (tertiary/aromatic N) is 3. The lowest BCUT2D eigenvalue weighted by Gasteiger charge is -2.21. The number of urea groups is 1. The average Bonchev–Trinajstić information content (AvgIpc) is 3.21. The summed E-state index contributed by atoms with van der Waals surface area (Å²) in [5, 5.41) is 9.70. The maximum Gasteiger partial charge on any atom is 0.315 e. The van der Waals surface area contributed by atoms with Gasteiger partial charge in [0.2, 0.25) is 5.91 Å². The van der Waals surface area contributed by atoms with E-state index < -0.39 is 6.04 Å². The van der Waals surface area contributed by atoms with Crippen molar-refractivity contribution in [3.63, 3.8) is 0 Å². The van der Waals surface area contributed by atoms with Gasteiger partial charge in [-0.1, -0.05) is 18.2 Å². The molecule has 0 saturated carbocycles. The Labute approximate surface area is 147 Å². The Balaban J connectivity index is 1.46. The summed E-state index contributed by atoms with van der Waals surface area (Å²) in [5.41, 5.74) is 0.865. The highest BCUT2D eigenvalue weighted by molar-refractivity contribution is 6.01. The van der Waals surface area contributed by atoms with E-state index in [2.05, 4.69) is 15.7 Å². The van der Waals surface area contributed by atoms with Crippen molar-refractivity contribution in [3.05, 3.63) is 48.8 Å². The fraction of sp³-hybridized carbons (Fsp3) is 0.389. The first kappa shape index (κ1) is 17.0. The summed E-state index contributed by atoms with van der Waals surface area (Å²) in [6.45, 7) is 3.27. The van der Waals surface area contributed by atoms with Crippen molar-refractivity contribution in [2.75, 3.05) is 11.4 Å². The van der Waals surface area contributed by atoms with Gasteiger partial charge >= 0.3 is 6.03 Å². The Hall–Kier alpha value is -2.83. The van der Waals surface area contributed by atoms with Gasteiger partial charge in [0.15, 0.2) is 0 Å². The van der Waals surface area contributed by atoms with E-state index in [9.17, 15) is 9.59 Å². The van der Waals surface area contributed by atoms with Gasteiger partial charge in [-0.25, -0.2) is 4.79 Å². The Morgan fingerprint density at radius 3 is 2.80 bits per heavy atom. The molecule has 25 heavy (non-hydrogen) atoms. The SMILES string of the molecule is C[C@H]1C[C@H](NC(=O)NCCCn2cccn2)C(=O)N1c1ccccc1. The highest BCUT2D eigenvalue weighted by atomic mass is 16.2. The third-order valence-electron chi connectivity index (χ3n) is 4.30. The van der Waals surface area contributed by atoms with Crippen LogP contribution in [0.15, 0.2) is 48.8 Å². The van der Waals surface area contributed by atoms with Gasteiger partial charge in [0.05, 0.1) is 0 Å². The van der Waals surface area contributed by atoms with E-state index in [0.717, 1.165) is 18.7 Å². The standard InChI is InChI=1S/C18H23N5O2/c1-14-13-16(17(24)23(14)15-7-3-2-4-8-15)21-18(25)19-9-5-11-22-12-6-10-20-22/h2-4,6-8,10,12,14,16H,5,9,11,13H2,1H3,(H2,19,21,25)/t14-,16-/m0/s1. The fourth-order valence-corrected chi connectivity index (χ4v) is 3.11. The molecule has 1 aromatic heterocycles. The number of hydrogen-bond donors (Lipinski definition) is 2. The largest absolute Gasteiger partial charge is 0.338 e. The van der Waals surface area contributed by atoms with E-state index in [0.29, 0.717) is 13.0 Å². The Morgan fingerprint density at radius 1 is 1.28 bits per heavy atom. The average molecular weight is 341 g/mol. The summed E-state index contributed by atoms with van der Waals surface area (Å²) >= 11 is 0. The second-order valence-electron chi connectivity index (χ2n) is 6.20. The predicted octanol–water partition coefficient (Wildman–Crippen LogP) is 1.77. The van der Waals surface area contributed by atoms with Crippen LogP contribution in [0.4, 0.5) is 10.5 Å². The van der Waals surface area contributed by atoms with Gasteiger partial charge in [-0.15, -0.1) is 0 Å². The van der Waals surface area contributed by atoms with Gasteiger partial charge in [0.25, 0.3) is 0 Å². The Bertz CT molecular complexity index is 702. The monoisotopic (exact) mass is 341 g/mol. The molecular weight excluding hydrogens is 318 g/mol. The van der Waals surface area contributed by atoms with Gasteiger partial charge in [0, 0.05) is 37.2 Å². The molecule has 0 unspecified atom stereocenters. The van der Waals surface area contributed by atoms with E-state index in [-0.39, 0.29) is 18.0 Å². The fourth-order valence-electron chi connectivity index (χ4n) is 3.11. The number of nitrogens with one attached hydrogen (secondary N) is 2. The van der Waals surface area contributed by atoms with Crippen molar-refractivity contribution < 1.29 is 9.59 Å². The lowest BCUT2D eigenvalue weighted by Crippen LogP contribution is -2.46. The third kappa shape index (κ3) is 4.17. The van der Waals surface area contributed by atoms with Crippen LogP contribution in [-0.4, -0.2) is 40.3 Å². The van der Waals surface area contributed by atoms with Crippen molar-refractivity contribution in [3.8, 4) is 0 Å². The van der Waals surface area contributed by atoms with Crippen LogP contribution in [0.1, 0.15) is 19.8 Å². The lowest BCUT2D eigenvalue weighted by atomic mass is 10.2. The zero-order chi connectivity index (χ0) is 17.6. The minimum atomic E-state index is -0.485. The predicted molar refractivity (Wildman–Crippen MR) is 95.2 cm³/mol. The molecule has 2 aromatic rings. The first-order valence-electron chi connectivity index (χ1n) is 8.55. The van der Waals surface area contributed by atoms with Gasteiger partial charge in [-0.05, 0) is 38.0 Å². The van der Waals surface area contributed by atoms with Crippen LogP contribution < -0.4 is 15.5 Å². The lowest BCUT2D eigenvalue weighted by molar-refractivity contribution is -0.118. The molecular formula is C18H23N5O2. The molecule has 1 fully saturated rings. The van der Waals surface area contributed by atoms with Crippen LogP contribution in [0.2, 0.25) is 0 Å². The molecule has 1 aliphatic rings. The quantitative estimate of drug-likeness (QED) is 0.786. The topological polar surface area (TPSA) is 79.3 Å². The van der Waals surface area contributed by atoms with Crippen LogP contribution in [0.5, 0.6) is 0 Å². The molecule has 3 rings (SSSR count). The second-order valence-corrected chi connectivity index (χ2v) is 6.20. The zero-order valence-corrected chi connectivity index (χ0v) is 14.3. The number of carbonyl (C=O) groups is 2. The molecule has 7 nitrogen and oxygen atoms in total. The molecule has 1 saturated heterocycles. The summed E-state index contributed by atoms with van der Waals surface area (Å²) in [6.07, 6.45) is 5.00. The highest BCUT2D eigenvalue weighted by Crippen LogP contribution is 2.26. The molecule has 3 amide bonds. The summed E-state index contributed by atoms with van der Waals surface area (Å²) in [6, 6.07) is 10.7. The second kappa shape index (κ2) is 7.83. The maximum atomic E-state index is 12.6. The van der Waals surface area contributed by atoms with E-state index in [4.69, 9.17) is 0 Å². The highest BCUT2D eigenvalue weighted by Gasteiger charge is 2.38. The van der Waals surface area contributed by atoms with E-state index in [1.165, 1.54) is 0 Å². The molecule has 0 aliphatic carbocycles. The third-order valence-corrected chi connectivity index (χ3v) is 4.30. The van der Waals surface area contributed by atoms with Crippen LogP contribution >= 0.6 is 0 Å². The van der Waals surface area contributed by atoms with Crippen LogP contribution in [0.25, 0.3) is 0 Å². The Kier molecular flexibility index (Phi) is 5.33. The molecule has 0 radical (unpaired) electrons. The number of carbonyl (C=O) groups excluding carboxylic acids is 2. The van der Waals surface area contributed by atoms with Crippen molar-refractivity contribution in [1.29, 1.82) is 0 Å². The molecule has 1 aliphatic heterocycles. The van der Waals surface area contributed by atoms with Gasteiger partial charge in [0.1, 0.15) is 6.04 Å². The normalized spacial score (nSPS) is 19.9. The molecule has 1 aromatic carbocycles. The van der Waals surface area contributed by atoms with Crippen LogP contribution in [0, 0.1) is 0 Å². The summed E-state index contributed by atoms with van der Waals surface area (Å²) in [7, 11) is 0. The molecule has 0 bridgehead atoms. The summed E-state index contributed by atoms with van der Waals surface area (Å²) < 4.78 is 1.82. The van der Waals surface area contributed by atoms with Crippen molar-refractivity contribution >= 4 is 17.6 Å². The number of aryl methyl sites for hydroxylation is 1. The molecule has 132 valence electrons. The van der Waals surface area contributed by atoms with E-state index >= 15 is 0 Å². The maximum absolute atomic E-state index is 12.6. The molecule has 2 heterocycles. The number of anilines is 1. The van der Waals surface area contributed by atoms with E-state index in [1.807, 2.05) is 54.2 Å². The Morgan fingerprint density at radius 2 is 2.08 bits per heavy atom. The first-order chi connectivity index (χ1) is 12.1. The van der Waals surface area contributed by atoms with E-state index in [1.54, 1.807) is 11.1 Å². The number of amides is 3. The number of benzene rings is 1. The summed E-state index contributed by atoms with van der Waals surface area (Å²) in [4.78, 5) is 26.4. The summed E-state index contributed by atoms with van der Waals surface area (Å²) in [5.74, 6) is -0.0645. The van der Waals surface area contributed by atoms with Crippen molar-refractivity contribution in [2.24, 2.45) is 0 Å². The minimum absolute atomic E-state index is 0.0556. The van der Waals surface area contributed by atoms with Crippen LogP contribution in [0.3, 0.4) is 0 Å². The smallest absolute Gasteiger partial charge is 0.315 e. The van der Waals surface area contributed by atoms with Crippen molar-refractivity contribution in [2.45, 2.75) is 38.4 Å². The van der Waals surface area contributed by atoms with Gasteiger partial charge in [-0.2, -0.15) is 5.10 Å². The van der Waals surface area contributed by atoms with Crippen LogP contribution in [-0.2, 0) is 11.3 Å². The number of para-hydroxylation sites is 1. The molecule has 7 heteroatoms.